The summed E-state index contributed by atoms with van der Waals surface area (Å²) in [5.41, 5.74) is 5.86. The Kier molecular flexibility index (Phi) is 5.90. The highest BCUT2D eigenvalue weighted by atomic mass is 16.5. The molecule has 0 atom stereocenters. The maximum atomic E-state index is 6.31. The molecule has 1 aromatic carbocycles. The summed E-state index contributed by atoms with van der Waals surface area (Å²) in [4.78, 5) is 0. The first-order valence-electron chi connectivity index (χ1n) is 8.49. The average Bonchev–Trinajstić information content (AvgIpc) is 2.35. The molecule has 0 aliphatic rings. The van der Waals surface area contributed by atoms with Crippen molar-refractivity contribution in [3.05, 3.63) is 28.3 Å². The smallest absolute Gasteiger partial charge is 0.127 e. The van der Waals surface area contributed by atoms with Crippen molar-refractivity contribution < 1.29 is 4.74 Å². The van der Waals surface area contributed by atoms with Crippen molar-refractivity contribution in [2.24, 2.45) is 0 Å². The molecule has 0 aromatic heterocycles. The van der Waals surface area contributed by atoms with Gasteiger partial charge < -0.3 is 4.74 Å². The standard InChI is InChI=1S/C20H34O/c1-10-15-12-17(13(3)4)19(21-14(5)6)18(16(15)11-2)20(7,8)9/h12-14H,10-11H2,1-9H3. The van der Waals surface area contributed by atoms with E-state index in [0.29, 0.717) is 5.92 Å². The number of ether oxygens (including phenoxy) is 1. The fourth-order valence-electron chi connectivity index (χ4n) is 3.09. The quantitative estimate of drug-likeness (QED) is 0.644. The molecule has 0 spiro atoms. The van der Waals surface area contributed by atoms with E-state index < -0.39 is 0 Å². The highest BCUT2D eigenvalue weighted by Gasteiger charge is 2.28. The summed E-state index contributed by atoms with van der Waals surface area (Å²) in [7, 11) is 0. The van der Waals surface area contributed by atoms with E-state index in [1.165, 1.54) is 22.3 Å². The lowest BCUT2D eigenvalue weighted by molar-refractivity contribution is 0.233. The Morgan fingerprint density at radius 2 is 1.57 bits per heavy atom. The molecule has 21 heavy (non-hydrogen) atoms. The summed E-state index contributed by atoms with van der Waals surface area (Å²) in [5.74, 6) is 1.62. The first-order chi connectivity index (χ1) is 9.63. The van der Waals surface area contributed by atoms with Gasteiger partial charge >= 0.3 is 0 Å². The van der Waals surface area contributed by atoms with E-state index in [9.17, 15) is 0 Å². The molecular weight excluding hydrogens is 256 g/mol. The second-order valence-electron chi connectivity index (χ2n) is 7.59. The van der Waals surface area contributed by atoms with Crippen molar-refractivity contribution in [2.75, 3.05) is 0 Å². The van der Waals surface area contributed by atoms with Crippen molar-refractivity contribution in [1.29, 1.82) is 0 Å². The summed E-state index contributed by atoms with van der Waals surface area (Å²) < 4.78 is 6.31. The van der Waals surface area contributed by atoms with Gasteiger partial charge in [0.1, 0.15) is 5.75 Å². The van der Waals surface area contributed by atoms with Gasteiger partial charge in [-0.15, -0.1) is 0 Å². The first kappa shape index (κ1) is 18.1. The largest absolute Gasteiger partial charge is 0.490 e. The van der Waals surface area contributed by atoms with E-state index in [0.717, 1.165) is 18.6 Å². The van der Waals surface area contributed by atoms with Crippen molar-refractivity contribution in [3.8, 4) is 5.75 Å². The predicted octanol–water partition coefficient (Wildman–Crippen LogP) is 6.02. The minimum atomic E-state index is 0.102. The molecule has 0 heterocycles. The average molecular weight is 290 g/mol. The Bertz CT molecular complexity index is 476. The van der Waals surface area contributed by atoms with Crippen LogP contribution in [0.2, 0.25) is 0 Å². The minimum absolute atomic E-state index is 0.102. The highest BCUT2D eigenvalue weighted by molar-refractivity contribution is 5.55. The summed E-state index contributed by atoms with van der Waals surface area (Å²) >= 11 is 0. The van der Waals surface area contributed by atoms with Gasteiger partial charge in [-0.25, -0.2) is 0 Å². The van der Waals surface area contributed by atoms with Gasteiger partial charge in [-0.2, -0.15) is 0 Å². The molecule has 1 heteroatoms. The van der Waals surface area contributed by atoms with Gasteiger partial charge in [0, 0.05) is 5.56 Å². The van der Waals surface area contributed by atoms with Gasteiger partial charge in [0.05, 0.1) is 6.10 Å². The molecule has 0 bridgehead atoms. The Labute approximate surface area is 132 Å². The van der Waals surface area contributed by atoms with Gasteiger partial charge in [0.15, 0.2) is 0 Å². The molecule has 0 aliphatic heterocycles. The van der Waals surface area contributed by atoms with Crippen molar-refractivity contribution in [1.82, 2.24) is 0 Å². The third-order valence-electron chi connectivity index (χ3n) is 3.97. The second-order valence-corrected chi connectivity index (χ2v) is 7.59. The molecule has 0 unspecified atom stereocenters. The molecule has 1 nitrogen and oxygen atoms in total. The van der Waals surface area contributed by atoms with E-state index in [1.54, 1.807) is 0 Å². The monoisotopic (exact) mass is 290 g/mol. The van der Waals surface area contributed by atoms with E-state index in [1.807, 2.05) is 0 Å². The fourth-order valence-corrected chi connectivity index (χ4v) is 3.09. The molecule has 0 fully saturated rings. The van der Waals surface area contributed by atoms with Crippen molar-refractivity contribution >= 4 is 0 Å². The van der Waals surface area contributed by atoms with Crippen LogP contribution >= 0.6 is 0 Å². The van der Waals surface area contributed by atoms with Crippen LogP contribution in [0.1, 0.15) is 90.5 Å². The third kappa shape index (κ3) is 4.02. The molecule has 1 rings (SSSR count). The topological polar surface area (TPSA) is 9.23 Å². The fraction of sp³-hybridized carbons (Fsp3) is 0.700. The summed E-state index contributed by atoms with van der Waals surface area (Å²) in [5, 5.41) is 0. The first-order valence-corrected chi connectivity index (χ1v) is 8.49. The Morgan fingerprint density at radius 1 is 1.00 bits per heavy atom. The molecule has 0 amide bonds. The van der Waals surface area contributed by atoms with Crippen molar-refractivity contribution in [3.63, 3.8) is 0 Å². The molecule has 120 valence electrons. The Morgan fingerprint density at radius 3 is 1.90 bits per heavy atom. The van der Waals surface area contributed by atoms with Crippen LogP contribution in [0.15, 0.2) is 6.07 Å². The lowest BCUT2D eigenvalue weighted by Gasteiger charge is -2.31. The zero-order chi connectivity index (χ0) is 16.4. The molecule has 0 saturated carbocycles. The highest BCUT2D eigenvalue weighted by Crippen LogP contribution is 2.42. The molecule has 0 radical (unpaired) electrons. The minimum Gasteiger partial charge on any atom is -0.490 e. The normalized spacial score (nSPS) is 12.3. The number of aryl methyl sites for hydroxylation is 1. The van der Waals surface area contributed by atoms with Gasteiger partial charge in [-0.05, 0) is 54.7 Å². The van der Waals surface area contributed by atoms with Crippen LogP contribution in [0.4, 0.5) is 0 Å². The molecular formula is C20H34O. The predicted molar refractivity (Wildman–Crippen MR) is 93.8 cm³/mol. The van der Waals surface area contributed by atoms with Gasteiger partial charge in [0.2, 0.25) is 0 Å². The molecule has 0 saturated heterocycles. The SMILES string of the molecule is CCc1cc(C(C)C)c(OC(C)C)c(C(C)(C)C)c1CC. The van der Waals surface area contributed by atoms with Gasteiger partial charge in [-0.1, -0.05) is 54.5 Å². The maximum Gasteiger partial charge on any atom is 0.127 e. The molecule has 0 aliphatic carbocycles. The van der Waals surface area contributed by atoms with Crippen LogP contribution in [0, 0.1) is 0 Å². The van der Waals surface area contributed by atoms with Crippen LogP contribution in [-0.4, -0.2) is 6.10 Å². The van der Waals surface area contributed by atoms with E-state index in [4.69, 9.17) is 4.74 Å². The summed E-state index contributed by atoms with van der Waals surface area (Å²) in [6.07, 6.45) is 2.37. The maximum absolute atomic E-state index is 6.31. The zero-order valence-corrected chi connectivity index (χ0v) is 15.6. The van der Waals surface area contributed by atoms with Crippen LogP contribution in [0.5, 0.6) is 5.75 Å². The second kappa shape index (κ2) is 6.85. The van der Waals surface area contributed by atoms with Gasteiger partial charge in [-0.3, -0.25) is 0 Å². The lowest BCUT2D eigenvalue weighted by atomic mass is 9.77. The van der Waals surface area contributed by atoms with Crippen LogP contribution in [0.25, 0.3) is 0 Å². The Hall–Kier alpha value is -0.980. The summed E-state index contributed by atoms with van der Waals surface area (Å²) in [6, 6.07) is 2.39. The molecule has 1 aromatic rings. The Balaban J connectivity index is 3.77. The van der Waals surface area contributed by atoms with E-state index in [-0.39, 0.29) is 11.5 Å². The van der Waals surface area contributed by atoms with Crippen LogP contribution in [0.3, 0.4) is 0 Å². The van der Waals surface area contributed by atoms with Crippen molar-refractivity contribution in [2.45, 2.75) is 92.6 Å². The third-order valence-corrected chi connectivity index (χ3v) is 3.97. The zero-order valence-electron chi connectivity index (χ0n) is 15.6. The number of rotatable bonds is 5. The van der Waals surface area contributed by atoms with Gasteiger partial charge in [0.25, 0.3) is 0 Å². The van der Waals surface area contributed by atoms with Crippen LogP contribution in [-0.2, 0) is 18.3 Å². The van der Waals surface area contributed by atoms with E-state index >= 15 is 0 Å². The number of benzene rings is 1. The van der Waals surface area contributed by atoms with Crippen LogP contribution < -0.4 is 4.74 Å². The number of hydrogen-bond donors (Lipinski definition) is 0. The number of hydrogen-bond acceptors (Lipinski definition) is 1. The van der Waals surface area contributed by atoms with E-state index in [2.05, 4.69) is 68.4 Å². The summed E-state index contributed by atoms with van der Waals surface area (Å²) in [6.45, 7) is 20.2. The lowest BCUT2D eigenvalue weighted by Crippen LogP contribution is -2.21. The molecule has 0 N–H and O–H groups in total.